The van der Waals surface area contributed by atoms with Gasteiger partial charge in [0.2, 0.25) is 0 Å². The molecular formula is C50H87NO8P+. The Morgan fingerprint density at radius 1 is 0.517 bits per heavy atom. The summed E-state index contributed by atoms with van der Waals surface area (Å²) in [4.78, 5) is 35.4. The fraction of sp³-hybridized carbons (Fsp3) is 0.680. The second kappa shape index (κ2) is 41.5. The molecule has 0 saturated carbocycles. The van der Waals surface area contributed by atoms with Crippen molar-refractivity contribution in [3.63, 3.8) is 0 Å². The highest BCUT2D eigenvalue weighted by molar-refractivity contribution is 7.47. The van der Waals surface area contributed by atoms with E-state index in [9.17, 15) is 19.0 Å². The lowest BCUT2D eigenvalue weighted by molar-refractivity contribution is -0.870. The van der Waals surface area contributed by atoms with E-state index in [4.69, 9.17) is 18.5 Å². The van der Waals surface area contributed by atoms with Crippen molar-refractivity contribution in [1.82, 2.24) is 0 Å². The summed E-state index contributed by atoms with van der Waals surface area (Å²) in [5, 5.41) is 0. The summed E-state index contributed by atoms with van der Waals surface area (Å²) < 4.78 is 34.3. The average molecular weight is 861 g/mol. The van der Waals surface area contributed by atoms with Gasteiger partial charge < -0.3 is 18.9 Å². The SMILES string of the molecule is CC/C=C\C/C=C\C/C=C\C/C=C\CCCCCCCCCCC(=O)OC(COC(=O)CCCCCCC/C=C\C/C=C\C/C=C\CC)COP(=O)(O)OCC[N+](C)(C)C. The molecule has 0 amide bonds. The molecule has 0 aliphatic rings. The van der Waals surface area contributed by atoms with E-state index in [1.165, 1.54) is 25.7 Å². The van der Waals surface area contributed by atoms with Gasteiger partial charge in [-0.15, -0.1) is 0 Å². The Kier molecular flexibility index (Phi) is 39.6. The molecular weight excluding hydrogens is 774 g/mol. The smallest absolute Gasteiger partial charge is 0.462 e. The number of unbranched alkanes of at least 4 members (excludes halogenated alkanes) is 13. The molecule has 0 bridgehead atoms. The molecule has 0 aliphatic heterocycles. The van der Waals surface area contributed by atoms with Gasteiger partial charge in [-0.3, -0.25) is 18.6 Å². The molecule has 2 unspecified atom stereocenters. The topological polar surface area (TPSA) is 108 Å². The number of allylic oxidation sites excluding steroid dienone is 14. The van der Waals surface area contributed by atoms with E-state index in [1.54, 1.807) is 0 Å². The third-order valence-corrected chi connectivity index (χ3v) is 10.4. The Labute approximate surface area is 367 Å². The quantitative estimate of drug-likeness (QED) is 0.0213. The lowest BCUT2D eigenvalue weighted by Crippen LogP contribution is -2.37. The second-order valence-corrected chi connectivity index (χ2v) is 17.8. The maximum atomic E-state index is 12.7. The van der Waals surface area contributed by atoms with Gasteiger partial charge in [-0.2, -0.15) is 0 Å². The van der Waals surface area contributed by atoms with Gasteiger partial charge in [0, 0.05) is 12.8 Å². The molecule has 0 saturated heterocycles. The van der Waals surface area contributed by atoms with E-state index >= 15 is 0 Å². The number of rotatable bonds is 41. The van der Waals surface area contributed by atoms with Crippen molar-refractivity contribution in [3.05, 3.63) is 85.1 Å². The minimum atomic E-state index is -4.39. The lowest BCUT2D eigenvalue weighted by atomic mass is 10.1. The summed E-state index contributed by atoms with van der Waals surface area (Å²) >= 11 is 0. The zero-order valence-electron chi connectivity index (χ0n) is 38.7. The van der Waals surface area contributed by atoms with E-state index in [1.807, 2.05) is 21.1 Å². The molecule has 344 valence electrons. The van der Waals surface area contributed by atoms with Crippen LogP contribution in [0.2, 0.25) is 0 Å². The number of nitrogens with zero attached hydrogens (tertiary/aromatic N) is 1. The van der Waals surface area contributed by atoms with Crippen molar-refractivity contribution in [2.24, 2.45) is 0 Å². The van der Waals surface area contributed by atoms with Gasteiger partial charge >= 0.3 is 19.8 Å². The van der Waals surface area contributed by atoms with Crippen molar-refractivity contribution in [3.8, 4) is 0 Å². The molecule has 0 fully saturated rings. The molecule has 0 spiro atoms. The number of likely N-dealkylation sites (N-methyl/N-ethyl adjacent to an activating group) is 1. The van der Waals surface area contributed by atoms with Crippen LogP contribution in [0.15, 0.2) is 85.1 Å². The third-order valence-electron chi connectivity index (χ3n) is 9.42. The van der Waals surface area contributed by atoms with Crippen LogP contribution >= 0.6 is 7.82 Å². The summed E-state index contributed by atoms with van der Waals surface area (Å²) in [5.74, 6) is -0.835. The molecule has 0 rings (SSSR count). The lowest BCUT2D eigenvalue weighted by Gasteiger charge is -2.24. The number of quaternary nitrogens is 1. The summed E-state index contributed by atoms with van der Waals surface area (Å²) in [5.41, 5.74) is 0. The fourth-order valence-electron chi connectivity index (χ4n) is 5.84. The number of carbonyl (C=O) groups excluding carboxylic acids is 2. The first-order chi connectivity index (χ1) is 29.0. The van der Waals surface area contributed by atoms with Crippen LogP contribution in [0.3, 0.4) is 0 Å². The molecule has 0 heterocycles. The standard InChI is InChI=1S/C50H86NO8P/c1-6-8-10-12-14-16-18-20-22-23-24-25-26-27-29-31-33-35-37-39-41-43-50(53)59-48(47-58-60(54,55)57-45-44-51(3,4)5)46-56-49(52)42-40-38-36-34-32-30-28-21-19-17-15-13-11-9-7-2/h8-11,14-17,20-22,24-25,28,48H,6-7,12-13,18-19,23,26-27,29-47H2,1-5H3/p+1/b10-8-,11-9-,16-14-,17-15-,22-20-,25-24-,28-21-. The zero-order valence-corrected chi connectivity index (χ0v) is 39.6. The largest absolute Gasteiger partial charge is 0.472 e. The van der Waals surface area contributed by atoms with Crippen molar-refractivity contribution in [1.29, 1.82) is 0 Å². The number of hydrogen-bond donors (Lipinski definition) is 1. The number of phosphoric ester groups is 1. The second-order valence-electron chi connectivity index (χ2n) is 16.4. The Hall–Kier alpha value is -2.81. The van der Waals surface area contributed by atoms with Crippen LogP contribution in [0, 0.1) is 0 Å². The van der Waals surface area contributed by atoms with Gasteiger partial charge in [0.1, 0.15) is 19.8 Å². The van der Waals surface area contributed by atoms with Gasteiger partial charge in [-0.25, -0.2) is 4.57 Å². The van der Waals surface area contributed by atoms with Gasteiger partial charge in [0.25, 0.3) is 0 Å². The number of esters is 2. The number of carbonyl (C=O) groups is 2. The molecule has 0 aromatic rings. The Morgan fingerprint density at radius 3 is 1.33 bits per heavy atom. The van der Waals surface area contributed by atoms with Crippen molar-refractivity contribution in [2.45, 2.75) is 174 Å². The van der Waals surface area contributed by atoms with E-state index in [2.05, 4.69) is 98.9 Å². The molecule has 9 nitrogen and oxygen atoms in total. The molecule has 0 radical (unpaired) electrons. The van der Waals surface area contributed by atoms with E-state index in [-0.39, 0.29) is 26.1 Å². The number of hydrogen-bond acceptors (Lipinski definition) is 7. The maximum Gasteiger partial charge on any atom is 0.472 e. The Bertz CT molecular complexity index is 1290. The third kappa shape index (κ3) is 44.7. The number of phosphoric acid groups is 1. The van der Waals surface area contributed by atoms with Crippen LogP contribution in [0.25, 0.3) is 0 Å². The minimum absolute atomic E-state index is 0.0223. The summed E-state index contributed by atoms with van der Waals surface area (Å²) in [6.45, 7) is 4.15. The van der Waals surface area contributed by atoms with Crippen LogP contribution in [0.4, 0.5) is 0 Å². The monoisotopic (exact) mass is 861 g/mol. The molecule has 0 aromatic carbocycles. The highest BCUT2D eigenvalue weighted by Crippen LogP contribution is 2.43. The molecule has 1 N–H and O–H groups in total. The van der Waals surface area contributed by atoms with E-state index in [0.29, 0.717) is 23.9 Å². The van der Waals surface area contributed by atoms with Crippen LogP contribution in [-0.2, 0) is 32.7 Å². The summed E-state index contributed by atoms with van der Waals surface area (Å²) in [6.07, 6.45) is 53.4. The highest BCUT2D eigenvalue weighted by atomic mass is 31.2. The minimum Gasteiger partial charge on any atom is -0.462 e. The highest BCUT2D eigenvalue weighted by Gasteiger charge is 2.27. The van der Waals surface area contributed by atoms with Crippen molar-refractivity contribution < 1.29 is 42.1 Å². The maximum absolute atomic E-state index is 12.7. The molecule has 0 aromatic heterocycles. The van der Waals surface area contributed by atoms with Crippen LogP contribution in [0.5, 0.6) is 0 Å². The predicted octanol–water partition coefficient (Wildman–Crippen LogP) is 13.6. The normalized spacial score (nSPS) is 14.3. The van der Waals surface area contributed by atoms with Gasteiger partial charge in [-0.1, -0.05) is 157 Å². The Morgan fingerprint density at radius 2 is 0.900 bits per heavy atom. The Balaban J connectivity index is 4.36. The number of ether oxygens (including phenoxy) is 2. The first kappa shape index (κ1) is 57.2. The zero-order chi connectivity index (χ0) is 44.3. The summed E-state index contributed by atoms with van der Waals surface area (Å²) in [6, 6.07) is 0. The fourth-order valence-corrected chi connectivity index (χ4v) is 6.58. The van der Waals surface area contributed by atoms with Gasteiger partial charge in [-0.05, 0) is 83.5 Å². The molecule has 2 atom stereocenters. The molecule has 10 heteroatoms. The molecule has 60 heavy (non-hydrogen) atoms. The van der Waals surface area contributed by atoms with Crippen molar-refractivity contribution in [2.75, 3.05) is 47.5 Å². The van der Waals surface area contributed by atoms with Crippen LogP contribution in [-0.4, -0.2) is 74.9 Å². The van der Waals surface area contributed by atoms with Gasteiger partial charge in [0.05, 0.1) is 27.7 Å². The van der Waals surface area contributed by atoms with E-state index in [0.717, 1.165) is 103 Å². The molecule has 0 aliphatic carbocycles. The first-order valence-corrected chi connectivity index (χ1v) is 24.8. The predicted molar refractivity (Wildman–Crippen MR) is 252 cm³/mol. The first-order valence-electron chi connectivity index (χ1n) is 23.3. The summed E-state index contributed by atoms with van der Waals surface area (Å²) in [7, 11) is 1.45. The van der Waals surface area contributed by atoms with Gasteiger partial charge in [0.15, 0.2) is 6.10 Å². The van der Waals surface area contributed by atoms with E-state index < -0.39 is 32.5 Å². The van der Waals surface area contributed by atoms with Crippen LogP contribution < -0.4 is 0 Å². The van der Waals surface area contributed by atoms with Crippen LogP contribution in [0.1, 0.15) is 168 Å². The van der Waals surface area contributed by atoms with Crippen molar-refractivity contribution >= 4 is 19.8 Å². The average Bonchev–Trinajstić information content (AvgIpc) is 3.20.